The Morgan fingerprint density at radius 1 is 1.27 bits per heavy atom. The van der Waals surface area contributed by atoms with Crippen molar-refractivity contribution in [3.8, 4) is 0 Å². The highest BCUT2D eigenvalue weighted by Crippen LogP contribution is 2.36. The van der Waals surface area contributed by atoms with E-state index in [-0.39, 0.29) is 30.2 Å². The molecule has 0 aliphatic carbocycles. The van der Waals surface area contributed by atoms with Gasteiger partial charge >= 0.3 is 0 Å². The van der Waals surface area contributed by atoms with Crippen LogP contribution in [0.1, 0.15) is 43.5 Å². The van der Waals surface area contributed by atoms with Crippen molar-refractivity contribution in [3.05, 3.63) is 29.3 Å². The summed E-state index contributed by atoms with van der Waals surface area (Å²) in [5, 5.41) is 4.63. The summed E-state index contributed by atoms with van der Waals surface area (Å²) in [6.45, 7) is 5.73. The monoisotopic (exact) mass is 415 g/mol. The molecule has 0 saturated carbocycles. The van der Waals surface area contributed by atoms with E-state index in [1.165, 1.54) is 9.71 Å². The first kappa shape index (κ1) is 21.4. The van der Waals surface area contributed by atoms with Crippen LogP contribution in [0.4, 0.5) is 0 Å². The molecule has 0 spiro atoms. The van der Waals surface area contributed by atoms with Gasteiger partial charge < -0.3 is 10.2 Å². The maximum absolute atomic E-state index is 12.9. The molecule has 4 nitrogen and oxygen atoms in total. The van der Waals surface area contributed by atoms with E-state index in [1.54, 1.807) is 0 Å². The number of likely N-dealkylation sites (tertiary alicyclic amines) is 1. The molecule has 2 aliphatic rings. The summed E-state index contributed by atoms with van der Waals surface area (Å²) in [5.41, 5.74) is 0.901. The van der Waals surface area contributed by atoms with E-state index in [4.69, 9.17) is 4.98 Å². The third-order valence-corrected chi connectivity index (χ3v) is 6.75. The van der Waals surface area contributed by atoms with Gasteiger partial charge in [-0.15, -0.1) is 36.2 Å². The third-order valence-electron chi connectivity index (χ3n) is 5.56. The van der Waals surface area contributed by atoms with E-state index < -0.39 is 0 Å². The summed E-state index contributed by atoms with van der Waals surface area (Å²) in [7, 11) is 0. The van der Waals surface area contributed by atoms with Crippen molar-refractivity contribution in [1.82, 2.24) is 15.2 Å². The highest BCUT2D eigenvalue weighted by atomic mass is 35.5. The van der Waals surface area contributed by atoms with Gasteiger partial charge in [0.05, 0.1) is 20.6 Å². The SMILES string of the molecule is CC1(C(=O)N2CCC(c3nc4ccccc4s3)CC2)CCCNC1.Cl.Cl. The average Bonchev–Trinajstić information content (AvgIpc) is 3.06. The summed E-state index contributed by atoms with van der Waals surface area (Å²) in [4.78, 5) is 19.8. The van der Waals surface area contributed by atoms with Crippen molar-refractivity contribution in [2.45, 2.75) is 38.5 Å². The number of hydrogen-bond acceptors (Lipinski definition) is 4. The summed E-state index contributed by atoms with van der Waals surface area (Å²) < 4.78 is 1.27. The number of fused-ring (bicyclic) bond motifs is 1. The number of amides is 1. The molecule has 144 valence electrons. The minimum atomic E-state index is -0.207. The third kappa shape index (κ3) is 4.16. The predicted octanol–water partition coefficient (Wildman–Crippen LogP) is 4.24. The van der Waals surface area contributed by atoms with Crippen LogP contribution in [0.15, 0.2) is 24.3 Å². The number of nitrogens with zero attached hydrogens (tertiary/aromatic N) is 2. The lowest BCUT2D eigenvalue weighted by atomic mass is 9.80. The van der Waals surface area contributed by atoms with Crippen molar-refractivity contribution >= 4 is 52.3 Å². The zero-order chi connectivity index (χ0) is 16.6. The van der Waals surface area contributed by atoms with Crippen LogP contribution in [0.2, 0.25) is 0 Å². The van der Waals surface area contributed by atoms with Crippen molar-refractivity contribution in [3.63, 3.8) is 0 Å². The van der Waals surface area contributed by atoms with Gasteiger partial charge in [0.1, 0.15) is 0 Å². The number of hydrogen-bond donors (Lipinski definition) is 1. The molecule has 2 aliphatic heterocycles. The molecule has 2 saturated heterocycles. The van der Waals surface area contributed by atoms with Gasteiger partial charge in [-0.05, 0) is 51.3 Å². The number of aromatic nitrogens is 1. The minimum Gasteiger partial charge on any atom is -0.342 e. The van der Waals surface area contributed by atoms with Crippen LogP contribution in [0, 0.1) is 5.41 Å². The van der Waals surface area contributed by atoms with Crippen LogP contribution < -0.4 is 5.32 Å². The molecule has 0 bridgehead atoms. The molecule has 1 atom stereocenters. The number of piperidine rings is 2. The number of benzene rings is 1. The minimum absolute atomic E-state index is 0. The Hall–Kier alpha value is -0.880. The zero-order valence-corrected chi connectivity index (χ0v) is 17.5. The Labute approximate surface area is 171 Å². The number of carbonyl (C=O) groups excluding carboxylic acids is 1. The molecule has 2 aromatic rings. The Morgan fingerprint density at radius 2 is 2.00 bits per heavy atom. The number of halogens is 2. The molecule has 3 heterocycles. The Bertz CT molecular complexity index is 704. The van der Waals surface area contributed by atoms with E-state index in [0.717, 1.165) is 57.4 Å². The molecule has 1 aromatic heterocycles. The van der Waals surface area contributed by atoms with Crippen molar-refractivity contribution in [1.29, 1.82) is 0 Å². The quantitative estimate of drug-likeness (QED) is 0.797. The van der Waals surface area contributed by atoms with E-state index in [9.17, 15) is 4.79 Å². The Kier molecular flexibility index (Phi) is 7.31. The maximum Gasteiger partial charge on any atom is 0.229 e. The molecular weight excluding hydrogens is 389 g/mol. The molecule has 1 amide bonds. The number of thiazole rings is 1. The van der Waals surface area contributed by atoms with Crippen LogP contribution in [-0.2, 0) is 4.79 Å². The molecule has 26 heavy (non-hydrogen) atoms. The number of rotatable bonds is 2. The average molecular weight is 416 g/mol. The first-order valence-corrected chi connectivity index (χ1v) is 9.83. The molecular formula is C19H27Cl2N3OS. The lowest BCUT2D eigenvalue weighted by Gasteiger charge is -2.40. The van der Waals surface area contributed by atoms with Gasteiger partial charge in [0.25, 0.3) is 0 Å². The van der Waals surface area contributed by atoms with Crippen molar-refractivity contribution in [2.24, 2.45) is 5.41 Å². The summed E-state index contributed by atoms with van der Waals surface area (Å²) in [6, 6.07) is 8.35. The van der Waals surface area contributed by atoms with Crippen molar-refractivity contribution in [2.75, 3.05) is 26.2 Å². The highest BCUT2D eigenvalue weighted by molar-refractivity contribution is 7.18. The maximum atomic E-state index is 12.9. The van der Waals surface area contributed by atoms with Gasteiger partial charge in [-0.25, -0.2) is 4.98 Å². The van der Waals surface area contributed by atoms with Gasteiger partial charge in [0, 0.05) is 25.6 Å². The van der Waals surface area contributed by atoms with Gasteiger partial charge in [-0.3, -0.25) is 4.79 Å². The zero-order valence-electron chi connectivity index (χ0n) is 15.1. The highest BCUT2D eigenvalue weighted by Gasteiger charge is 2.39. The molecule has 7 heteroatoms. The van der Waals surface area contributed by atoms with Crippen LogP contribution in [0.5, 0.6) is 0 Å². The Balaban J connectivity index is 0.00000121. The lowest BCUT2D eigenvalue weighted by Crippen LogP contribution is -2.51. The molecule has 0 radical (unpaired) electrons. The Morgan fingerprint density at radius 3 is 2.65 bits per heavy atom. The smallest absolute Gasteiger partial charge is 0.229 e. The first-order chi connectivity index (χ1) is 11.7. The van der Waals surface area contributed by atoms with Crippen LogP contribution in [-0.4, -0.2) is 42.0 Å². The van der Waals surface area contributed by atoms with E-state index >= 15 is 0 Å². The topological polar surface area (TPSA) is 45.2 Å². The van der Waals surface area contributed by atoms with Crippen molar-refractivity contribution < 1.29 is 4.79 Å². The van der Waals surface area contributed by atoms with Gasteiger partial charge in [-0.1, -0.05) is 12.1 Å². The summed E-state index contributed by atoms with van der Waals surface area (Å²) in [5.74, 6) is 0.848. The second-order valence-electron chi connectivity index (χ2n) is 7.43. The fraction of sp³-hybridized carbons (Fsp3) is 0.579. The fourth-order valence-corrected chi connectivity index (χ4v) is 5.15. The van der Waals surface area contributed by atoms with Gasteiger partial charge in [0.15, 0.2) is 0 Å². The molecule has 1 N–H and O–H groups in total. The summed E-state index contributed by atoms with van der Waals surface area (Å²) in [6.07, 6.45) is 4.19. The van der Waals surface area contributed by atoms with Crippen LogP contribution in [0.25, 0.3) is 10.2 Å². The van der Waals surface area contributed by atoms with Crippen LogP contribution in [0.3, 0.4) is 0 Å². The second kappa shape index (κ2) is 8.87. The predicted molar refractivity (Wildman–Crippen MR) is 113 cm³/mol. The lowest BCUT2D eigenvalue weighted by molar-refractivity contribution is -0.143. The van der Waals surface area contributed by atoms with E-state index in [2.05, 4.69) is 35.3 Å². The second-order valence-corrected chi connectivity index (χ2v) is 8.49. The molecule has 4 rings (SSSR count). The first-order valence-electron chi connectivity index (χ1n) is 9.01. The van der Waals surface area contributed by atoms with Gasteiger partial charge in [0.2, 0.25) is 5.91 Å². The molecule has 1 unspecified atom stereocenters. The normalized spacial score (nSPS) is 24.0. The largest absolute Gasteiger partial charge is 0.342 e. The number of nitrogens with one attached hydrogen (secondary N) is 1. The number of para-hydroxylation sites is 1. The molecule has 2 fully saturated rings. The van der Waals surface area contributed by atoms with E-state index in [1.807, 2.05) is 17.4 Å². The summed E-state index contributed by atoms with van der Waals surface area (Å²) >= 11 is 1.82. The standard InChI is InChI=1S/C19H25N3OS.2ClH/c1-19(9-4-10-20-13-19)18(23)22-11-7-14(8-12-22)17-21-15-5-2-3-6-16(15)24-17;;/h2-3,5-6,14,20H,4,7-13H2,1H3;2*1H. The fourth-order valence-electron chi connectivity index (χ4n) is 4.01. The van der Waals surface area contributed by atoms with E-state index in [0.29, 0.717) is 11.8 Å². The number of carbonyl (C=O) groups is 1. The van der Waals surface area contributed by atoms with Gasteiger partial charge in [-0.2, -0.15) is 0 Å². The van der Waals surface area contributed by atoms with Crippen LogP contribution >= 0.6 is 36.2 Å². The molecule has 1 aromatic carbocycles.